The fourth-order valence-electron chi connectivity index (χ4n) is 4.27. The first-order valence-electron chi connectivity index (χ1n) is 11.1. The quantitative estimate of drug-likeness (QED) is 0.277. The van der Waals surface area contributed by atoms with Crippen molar-refractivity contribution in [2.75, 3.05) is 18.4 Å². The fraction of sp³-hybridized carbons (Fsp3) is 0.269. The molecule has 182 valence electrons. The van der Waals surface area contributed by atoms with Crippen molar-refractivity contribution in [1.82, 2.24) is 0 Å². The molecule has 1 saturated heterocycles. The van der Waals surface area contributed by atoms with Gasteiger partial charge in [-0.25, -0.2) is 8.78 Å². The van der Waals surface area contributed by atoms with Crippen LogP contribution in [0.1, 0.15) is 36.1 Å². The predicted octanol–water partition coefficient (Wildman–Crippen LogP) is 5.91. The van der Waals surface area contributed by atoms with E-state index in [1.165, 1.54) is 43.5 Å². The van der Waals surface area contributed by atoms with Gasteiger partial charge in [-0.2, -0.15) is 0 Å². The summed E-state index contributed by atoms with van der Waals surface area (Å²) in [6, 6.07) is 17.9. The molecule has 0 aromatic heterocycles. The number of hydrogen-bond donors (Lipinski definition) is 1. The number of nitrogens with zero attached hydrogens (tertiary/aromatic N) is 1. The van der Waals surface area contributed by atoms with Gasteiger partial charge in [-0.15, -0.1) is 0 Å². The van der Waals surface area contributed by atoms with Gasteiger partial charge < -0.3 is 14.7 Å². The summed E-state index contributed by atoms with van der Waals surface area (Å²) in [5, 5.41) is 10.6. The van der Waals surface area contributed by atoms with Crippen LogP contribution in [0, 0.1) is 17.6 Å². The van der Waals surface area contributed by atoms with Crippen LogP contribution in [0.3, 0.4) is 0 Å². The molecule has 1 unspecified atom stereocenters. The molecule has 9 heteroatoms. The monoisotopic (exact) mass is 500 g/mol. The van der Waals surface area contributed by atoms with Crippen molar-refractivity contribution in [2.24, 2.45) is 5.92 Å². The van der Waals surface area contributed by atoms with Crippen LogP contribution in [0.2, 0.25) is 0 Å². The van der Waals surface area contributed by atoms with E-state index in [0.717, 1.165) is 5.56 Å². The Balaban J connectivity index is 1.53. The number of rotatable bonds is 10. The Morgan fingerprint density at radius 1 is 0.971 bits per heavy atom. The van der Waals surface area contributed by atoms with Gasteiger partial charge in [-0.05, 0) is 77.1 Å². The van der Waals surface area contributed by atoms with Crippen molar-refractivity contribution in [3.05, 3.63) is 95.6 Å². The predicted molar refractivity (Wildman–Crippen MR) is 127 cm³/mol. The third kappa shape index (κ3) is 5.73. The van der Waals surface area contributed by atoms with Crippen LogP contribution in [0.15, 0.2) is 72.8 Å². The van der Waals surface area contributed by atoms with Gasteiger partial charge in [0.05, 0.1) is 18.1 Å². The van der Waals surface area contributed by atoms with Gasteiger partial charge in [0.15, 0.2) is 5.75 Å². The number of anilines is 1. The maximum absolute atomic E-state index is 13.5. The summed E-state index contributed by atoms with van der Waals surface area (Å²) in [5.74, 6) is -0.911. The minimum Gasteiger partial charge on any atom is -0.388 e. The van der Waals surface area contributed by atoms with Crippen LogP contribution in [-0.2, 0) is 14.1 Å². The highest BCUT2D eigenvalue weighted by Crippen LogP contribution is 2.46. The molecule has 1 amide bonds. The summed E-state index contributed by atoms with van der Waals surface area (Å²) >= 11 is 0. The van der Waals surface area contributed by atoms with E-state index < -0.39 is 25.9 Å². The van der Waals surface area contributed by atoms with E-state index in [2.05, 4.69) is 0 Å². The summed E-state index contributed by atoms with van der Waals surface area (Å²) in [6.07, 6.45) is -0.145. The average molecular weight is 500 g/mol. The van der Waals surface area contributed by atoms with E-state index in [9.17, 15) is 23.2 Å². The second-order valence-electron chi connectivity index (χ2n) is 8.29. The molecule has 35 heavy (non-hydrogen) atoms. The molecule has 1 fully saturated rings. The number of halogens is 2. The maximum atomic E-state index is 13.5. The van der Waals surface area contributed by atoms with Crippen molar-refractivity contribution in [1.29, 1.82) is 0 Å². The molecule has 1 aliphatic heterocycles. The summed E-state index contributed by atoms with van der Waals surface area (Å²) in [5.41, 5.74) is 1.97. The van der Waals surface area contributed by atoms with E-state index in [4.69, 9.17) is 9.26 Å². The van der Waals surface area contributed by atoms with Gasteiger partial charge in [0.2, 0.25) is 5.91 Å². The smallest absolute Gasteiger partial charge is 0.388 e. The van der Waals surface area contributed by atoms with E-state index in [1.54, 1.807) is 41.3 Å². The lowest BCUT2D eigenvalue weighted by molar-refractivity contribution is -0.131. The molecule has 6 nitrogen and oxygen atoms in total. The maximum Gasteiger partial charge on any atom is 0.585 e. The molecule has 0 bridgehead atoms. The number of carbonyl (C=O) groups excluding carboxylic acids is 1. The van der Waals surface area contributed by atoms with Crippen LogP contribution in [0.25, 0.3) is 0 Å². The molecule has 1 N–H and O–H groups in total. The first-order valence-corrected chi connectivity index (χ1v) is 12.5. The molecule has 0 saturated carbocycles. The molecular formula is C26H25F2NO5P+. The zero-order valence-electron chi connectivity index (χ0n) is 19.0. The van der Waals surface area contributed by atoms with E-state index in [1.807, 2.05) is 0 Å². The molecule has 0 spiro atoms. The Morgan fingerprint density at radius 2 is 1.57 bits per heavy atom. The number of carbonyl (C=O) groups is 1. The molecule has 0 aliphatic carbocycles. The van der Waals surface area contributed by atoms with Gasteiger partial charge >= 0.3 is 8.03 Å². The molecule has 0 radical (unpaired) electrons. The highest BCUT2D eigenvalue weighted by molar-refractivity contribution is 7.39. The van der Waals surface area contributed by atoms with Gasteiger partial charge in [0, 0.05) is 12.8 Å². The van der Waals surface area contributed by atoms with Crippen molar-refractivity contribution in [2.45, 2.75) is 25.0 Å². The largest absolute Gasteiger partial charge is 0.585 e. The highest BCUT2D eigenvalue weighted by atomic mass is 31.1. The number of benzene rings is 3. The zero-order valence-corrected chi connectivity index (χ0v) is 19.9. The second-order valence-corrected chi connectivity index (χ2v) is 9.40. The SMILES string of the molecule is COC[P+](=O)Oc1ccc([C@@H]2[C@@H](CC[C@H](O)c3ccc(F)cc3)C(=O)N2c2ccc(F)cc2)cc1. The molecule has 1 aliphatic rings. The van der Waals surface area contributed by atoms with Crippen LogP contribution < -0.4 is 9.42 Å². The summed E-state index contributed by atoms with van der Waals surface area (Å²) in [7, 11) is -0.562. The van der Waals surface area contributed by atoms with Gasteiger partial charge in [0.25, 0.3) is 6.35 Å². The Kier molecular flexibility index (Phi) is 7.86. The van der Waals surface area contributed by atoms with Gasteiger partial charge in [-0.3, -0.25) is 9.32 Å². The third-order valence-electron chi connectivity index (χ3n) is 5.99. The van der Waals surface area contributed by atoms with E-state index >= 15 is 0 Å². The molecule has 4 atom stereocenters. The molecule has 4 rings (SSSR count). The summed E-state index contributed by atoms with van der Waals surface area (Å²) in [6.45, 7) is 0. The Morgan fingerprint density at radius 3 is 2.17 bits per heavy atom. The van der Waals surface area contributed by atoms with Crippen molar-refractivity contribution in [3.63, 3.8) is 0 Å². The summed E-state index contributed by atoms with van der Waals surface area (Å²) in [4.78, 5) is 14.7. The Bertz CT molecular complexity index is 1170. The van der Waals surface area contributed by atoms with E-state index in [0.29, 0.717) is 29.8 Å². The topological polar surface area (TPSA) is 76.1 Å². The van der Waals surface area contributed by atoms with E-state index in [-0.39, 0.29) is 24.1 Å². The lowest BCUT2D eigenvalue weighted by Gasteiger charge is -2.48. The number of hydrogen-bond acceptors (Lipinski definition) is 5. The number of aliphatic hydroxyl groups excluding tert-OH is 1. The van der Waals surface area contributed by atoms with Crippen molar-refractivity contribution < 1.29 is 32.5 Å². The van der Waals surface area contributed by atoms with Crippen molar-refractivity contribution in [3.8, 4) is 5.75 Å². The molecular weight excluding hydrogens is 475 g/mol. The minimum absolute atomic E-state index is 0.0228. The lowest BCUT2D eigenvalue weighted by atomic mass is 9.78. The normalized spacial score (nSPS) is 18.7. The van der Waals surface area contributed by atoms with Crippen molar-refractivity contribution >= 4 is 19.6 Å². The zero-order chi connectivity index (χ0) is 24.9. The molecule has 3 aromatic rings. The Hall–Kier alpha value is -3.19. The number of aliphatic hydroxyl groups is 1. The number of methoxy groups -OCH3 is 1. The van der Waals surface area contributed by atoms with Gasteiger partial charge in [-0.1, -0.05) is 24.3 Å². The standard InChI is InChI=1S/C26H25F2NO5P/c1-33-16-35(32)34-22-12-4-18(5-13-22)25-23(14-15-24(30)17-2-6-19(27)7-3-17)26(31)29(25)21-10-8-20(28)9-11-21/h2-13,23-25,30H,14-16H2,1H3/q+1/t23-,24+,25-/m1/s1. The third-order valence-corrected chi connectivity index (χ3v) is 6.87. The van der Waals surface area contributed by atoms with Crippen LogP contribution in [0.4, 0.5) is 14.5 Å². The molecule has 1 heterocycles. The Labute approximate surface area is 203 Å². The fourth-order valence-corrected chi connectivity index (χ4v) is 4.89. The first kappa shape index (κ1) is 24.9. The summed E-state index contributed by atoms with van der Waals surface area (Å²) < 4.78 is 48.7. The minimum atomic E-state index is -2.00. The van der Waals surface area contributed by atoms with Crippen LogP contribution >= 0.6 is 8.03 Å². The number of amides is 1. The molecule has 3 aromatic carbocycles. The highest BCUT2D eigenvalue weighted by Gasteiger charge is 2.48. The van der Waals surface area contributed by atoms with Crippen LogP contribution in [-0.4, -0.2) is 24.5 Å². The lowest BCUT2D eigenvalue weighted by Crippen LogP contribution is -2.55. The second kappa shape index (κ2) is 11.0. The van der Waals surface area contributed by atoms with Crippen LogP contribution in [0.5, 0.6) is 5.75 Å². The first-order chi connectivity index (χ1) is 16.9. The number of β-lactam (4-membered cyclic amide) rings is 1. The average Bonchev–Trinajstić information content (AvgIpc) is 2.85. The van der Waals surface area contributed by atoms with Gasteiger partial charge in [0.1, 0.15) is 11.6 Å². The number of ether oxygens (including phenoxy) is 1.